The second kappa shape index (κ2) is 6.52. The van der Waals surface area contributed by atoms with Crippen molar-refractivity contribution in [1.29, 1.82) is 0 Å². The molecule has 118 valence electrons. The molecular formula is C18H18N2O3. The first kappa shape index (κ1) is 15.1. The second-order valence-electron chi connectivity index (χ2n) is 5.38. The van der Waals surface area contributed by atoms with Crippen LogP contribution in [-0.2, 0) is 9.59 Å². The SMILES string of the molecule is COc1ccc(N2CC[C@H](C(=O)Nc3ccccc3)C2=O)cc1. The van der Waals surface area contributed by atoms with Gasteiger partial charge in [-0.05, 0) is 42.8 Å². The molecule has 0 spiro atoms. The van der Waals surface area contributed by atoms with Crippen LogP contribution in [0.3, 0.4) is 0 Å². The molecule has 5 heteroatoms. The zero-order valence-corrected chi connectivity index (χ0v) is 12.9. The van der Waals surface area contributed by atoms with Gasteiger partial charge in [-0.15, -0.1) is 0 Å². The molecule has 2 aromatic rings. The van der Waals surface area contributed by atoms with Crippen molar-refractivity contribution < 1.29 is 14.3 Å². The number of benzene rings is 2. The highest BCUT2D eigenvalue weighted by atomic mass is 16.5. The van der Waals surface area contributed by atoms with E-state index in [0.29, 0.717) is 18.7 Å². The van der Waals surface area contributed by atoms with Gasteiger partial charge in [0.25, 0.3) is 0 Å². The minimum atomic E-state index is -0.641. The number of methoxy groups -OCH3 is 1. The smallest absolute Gasteiger partial charge is 0.239 e. The first-order valence-electron chi connectivity index (χ1n) is 7.50. The molecule has 1 saturated heterocycles. The fraction of sp³-hybridized carbons (Fsp3) is 0.222. The topological polar surface area (TPSA) is 58.6 Å². The predicted molar refractivity (Wildman–Crippen MR) is 88.5 cm³/mol. The van der Waals surface area contributed by atoms with Crippen LogP contribution in [0, 0.1) is 5.92 Å². The first-order valence-corrected chi connectivity index (χ1v) is 7.50. The predicted octanol–water partition coefficient (Wildman–Crippen LogP) is 2.69. The molecule has 2 amide bonds. The fourth-order valence-electron chi connectivity index (χ4n) is 2.69. The largest absolute Gasteiger partial charge is 0.497 e. The molecule has 5 nitrogen and oxygen atoms in total. The Hall–Kier alpha value is -2.82. The van der Waals surface area contributed by atoms with Crippen molar-refractivity contribution in [3.05, 3.63) is 54.6 Å². The maximum atomic E-state index is 12.5. The lowest BCUT2D eigenvalue weighted by Gasteiger charge is -2.17. The number of hydrogen-bond acceptors (Lipinski definition) is 3. The van der Waals surface area contributed by atoms with E-state index >= 15 is 0 Å². The minimum Gasteiger partial charge on any atom is -0.497 e. The molecule has 1 heterocycles. The summed E-state index contributed by atoms with van der Waals surface area (Å²) < 4.78 is 5.12. The molecule has 0 bridgehead atoms. The summed E-state index contributed by atoms with van der Waals surface area (Å²) in [5.41, 5.74) is 1.49. The minimum absolute atomic E-state index is 0.163. The third kappa shape index (κ3) is 3.18. The van der Waals surface area contributed by atoms with Crippen LogP contribution in [0.4, 0.5) is 11.4 Å². The van der Waals surface area contributed by atoms with Gasteiger partial charge in [0.1, 0.15) is 11.7 Å². The molecule has 0 saturated carbocycles. The Labute approximate surface area is 134 Å². The van der Waals surface area contributed by atoms with Crippen LogP contribution in [0.2, 0.25) is 0 Å². The van der Waals surface area contributed by atoms with Gasteiger partial charge in [0, 0.05) is 17.9 Å². The zero-order valence-electron chi connectivity index (χ0n) is 12.9. The first-order chi connectivity index (χ1) is 11.2. The van der Waals surface area contributed by atoms with Gasteiger partial charge in [-0.3, -0.25) is 9.59 Å². The Morgan fingerprint density at radius 2 is 1.83 bits per heavy atom. The van der Waals surface area contributed by atoms with Crippen molar-refractivity contribution in [1.82, 2.24) is 0 Å². The van der Waals surface area contributed by atoms with E-state index in [-0.39, 0.29) is 11.8 Å². The Kier molecular flexibility index (Phi) is 4.28. The molecule has 3 rings (SSSR count). The highest BCUT2D eigenvalue weighted by Gasteiger charge is 2.37. The summed E-state index contributed by atoms with van der Waals surface area (Å²) in [7, 11) is 1.60. The highest BCUT2D eigenvalue weighted by Crippen LogP contribution is 2.27. The number of carbonyl (C=O) groups is 2. The van der Waals surface area contributed by atoms with Gasteiger partial charge >= 0.3 is 0 Å². The standard InChI is InChI=1S/C18H18N2O3/c1-23-15-9-7-14(8-10-15)20-12-11-16(18(20)22)17(21)19-13-5-3-2-4-6-13/h2-10,16H,11-12H2,1H3,(H,19,21)/t16-/m1/s1. The number of carbonyl (C=O) groups excluding carboxylic acids is 2. The van der Waals surface area contributed by atoms with Crippen molar-refractivity contribution in [3.8, 4) is 5.75 Å². The van der Waals surface area contributed by atoms with E-state index in [0.717, 1.165) is 11.4 Å². The molecule has 1 fully saturated rings. The number of anilines is 2. The second-order valence-corrected chi connectivity index (χ2v) is 5.38. The summed E-state index contributed by atoms with van der Waals surface area (Å²) in [5, 5.41) is 2.80. The van der Waals surface area contributed by atoms with E-state index < -0.39 is 5.92 Å². The molecule has 0 unspecified atom stereocenters. The van der Waals surface area contributed by atoms with E-state index in [1.54, 1.807) is 36.3 Å². The normalized spacial score (nSPS) is 17.2. The number of ether oxygens (including phenoxy) is 1. The van der Waals surface area contributed by atoms with Crippen molar-refractivity contribution in [2.45, 2.75) is 6.42 Å². The molecule has 1 N–H and O–H groups in total. The summed E-state index contributed by atoms with van der Waals surface area (Å²) in [5.74, 6) is -0.322. The summed E-state index contributed by atoms with van der Waals surface area (Å²) in [6.45, 7) is 0.540. The number of amides is 2. The average Bonchev–Trinajstić information content (AvgIpc) is 2.97. The lowest BCUT2D eigenvalue weighted by atomic mass is 10.1. The number of para-hydroxylation sites is 1. The van der Waals surface area contributed by atoms with Gasteiger partial charge < -0.3 is 15.0 Å². The van der Waals surface area contributed by atoms with E-state index in [1.165, 1.54) is 0 Å². The van der Waals surface area contributed by atoms with Crippen LogP contribution < -0.4 is 15.0 Å². The maximum absolute atomic E-state index is 12.5. The zero-order chi connectivity index (χ0) is 16.2. The molecule has 0 aliphatic carbocycles. The summed E-state index contributed by atoms with van der Waals surface area (Å²) in [4.78, 5) is 26.5. The quantitative estimate of drug-likeness (QED) is 0.883. The van der Waals surface area contributed by atoms with Crippen molar-refractivity contribution in [2.24, 2.45) is 5.92 Å². The van der Waals surface area contributed by atoms with Gasteiger partial charge in [-0.1, -0.05) is 18.2 Å². The van der Waals surface area contributed by atoms with Crippen LogP contribution in [0.15, 0.2) is 54.6 Å². The number of nitrogens with one attached hydrogen (secondary N) is 1. The lowest BCUT2D eigenvalue weighted by Crippen LogP contribution is -2.33. The molecule has 0 aromatic heterocycles. The average molecular weight is 310 g/mol. The molecule has 0 radical (unpaired) electrons. The molecule has 2 aromatic carbocycles. The maximum Gasteiger partial charge on any atom is 0.239 e. The van der Waals surface area contributed by atoms with Gasteiger partial charge in [0.2, 0.25) is 11.8 Å². The molecule has 1 aliphatic heterocycles. The third-order valence-corrected chi connectivity index (χ3v) is 3.95. The van der Waals surface area contributed by atoms with Crippen LogP contribution >= 0.6 is 0 Å². The third-order valence-electron chi connectivity index (χ3n) is 3.95. The van der Waals surface area contributed by atoms with Gasteiger partial charge in [0.15, 0.2) is 0 Å². The lowest BCUT2D eigenvalue weighted by molar-refractivity contribution is -0.129. The Morgan fingerprint density at radius 3 is 2.48 bits per heavy atom. The van der Waals surface area contributed by atoms with E-state index in [2.05, 4.69) is 5.32 Å². The molecule has 23 heavy (non-hydrogen) atoms. The molecule has 1 aliphatic rings. The number of hydrogen-bond donors (Lipinski definition) is 1. The van der Waals surface area contributed by atoms with Crippen molar-refractivity contribution >= 4 is 23.2 Å². The monoisotopic (exact) mass is 310 g/mol. The summed E-state index contributed by atoms with van der Waals surface area (Å²) in [6.07, 6.45) is 0.517. The van der Waals surface area contributed by atoms with Gasteiger partial charge in [-0.25, -0.2) is 0 Å². The highest BCUT2D eigenvalue weighted by molar-refractivity contribution is 6.13. The van der Waals surface area contributed by atoms with E-state index in [1.807, 2.05) is 30.3 Å². The van der Waals surface area contributed by atoms with Crippen molar-refractivity contribution in [2.75, 3.05) is 23.9 Å². The molecular weight excluding hydrogens is 292 g/mol. The number of rotatable bonds is 4. The fourth-order valence-corrected chi connectivity index (χ4v) is 2.69. The van der Waals surface area contributed by atoms with Crippen LogP contribution in [0.25, 0.3) is 0 Å². The Morgan fingerprint density at radius 1 is 1.13 bits per heavy atom. The van der Waals surface area contributed by atoms with E-state index in [4.69, 9.17) is 4.74 Å². The Balaban J connectivity index is 1.69. The summed E-state index contributed by atoms with van der Waals surface area (Å²) in [6, 6.07) is 16.4. The Bertz CT molecular complexity index is 698. The van der Waals surface area contributed by atoms with Crippen LogP contribution in [-0.4, -0.2) is 25.5 Å². The summed E-state index contributed by atoms with van der Waals surface area (Å²) >= 11 is 0. The van der Waals surface area contributed by atoms with Crippen LogP contribution in [0.1, 0.15) is 6.42 Å². The van der Waals surface area contributed by atoms with E-state index in [9.17, 15) is 9.59 Å². The van der Waals surface area contributed by atoms with Gasteiger partial charge in [-0.2, -0.15) is 0 Å². The van der Waals surface area contributed by atoms with Crippen LogP contribution in [0.5, 0.6) is 5.75 Å². The number of nitrogens with zero attached hydrogens (tertiary/aromatic N) is 1. The van der Waals surface area contributed by atoms with Crippen molar-refractivity contribution in [3.63, 3.8) is 0 Å². The molecule has 1 atom stereocenters. The van der Waals surface area contributed by atoms with Gasteiger partial charge in [0.05, 0.1) is 7.11 Å².